The van der Waals surface area contributed by atoms with Gasteiger partial charge in [0.2, 0.25) is 11.8 Å². The summed E-state index contributed by atoms with van der Waals surface area (Å²) >= 11 is 1.56. The molecule has 2 saturated heterocycles. The normalized spacial score (nSPS) is 30.7. The first-order chi connectivity index (χ1) is 20.8. The molecule has 4 aliphatic rings. The zero-order valence-electron chi connectivity index (χ0n) is 24.3. The van der Waals surface area contributed by atoms with Crippen LogP contribution in [-0.2, 0) is 20.9 Å². The Morgan fingerprint density at radius 3 is 2.35 bits per heavy atom. The molecular formula is C35H35N3O4S. The van der Waals surface area contributed by atoms with Gasteiger partial charge in [0.05, 0.1) is 29.2 Å². The molecule has 3 aromatic rings. The quantitative estimate of drug-likeness (QED) is 0.444. The highest BCUT2D eigenvalue weighted by Gasteiger charge is 2.74. The summed E-state index contributed by atoms with van der Waals surface area (Å²) < 4.78 is -1.64. The number of rotatable bonds is 5. The SMILES string of the molecule is C[C@H](CO)N1C(=O)[C@@H]2[C@@H]3C(=O)N(Cc4ccccc4)CC=C[C@]3(C)S[C@@]23C=CCN(c2ccc4ccccc4c2)C(=O)C13. The van der Waals surface area contributed by atoms with Crippen LogP contribution in [0.5, 0.6) is 0 Å². The maximum absolute atomic E-state index is 14.7. The van der Waals surface area contributed by atoms with E-state index >= 15 is 0 Å². The van der Waals surface area contributed by atoms with Crippen LogP contribution in [0.15, 0.2) is 97.1 Å². The number of benzene rings is 3. The van der Waals surface area contributed by atoms with E-state index in [-0.39, 0.29) is 24.3 Å². The van der Waals surface area contributed by atoms with Gasteiger partial charge in [-0.1, -0.05) is 85.0 Å². The lowest BCUT2D eigenvalue weighted by Gasteiger charge is -2.38. The molecule has 8 heteroatoms. The minimum Gasteiger partial charge on any atom is -0.394 e. The molecule has 6 atom stereocenters. The Balaban J connectivity index is 1.32. The molecule has 1 N–H and O–H groups in total. The Kier molecular flexibility index (Phi) is 6.74. The molecule has 4 heterocycles. The molecule has 4 aliphatic heterocycles. The number of hydrogen-bond acceptors (Lipinski definition) is 5. The molecule has 3 aromatic carbocycles. The van der Waals surface area contributed by atoms with Crippen LogP contribution in [0, 0.1) is 11.8 Å². The van der Waals surface area contributed by atoms with E-state index in [0.29, 0.717) is 19.6 Å². The van der Waals surface area contributed by atoms with Crippen LogP contribution in [-0.4, -0.2) is 73.9 Å². The Morgan fingerprint density at radius 2 is 1.58 bits per heavy atom. The van der Waals surface area contributed by atoms with E-state index in [1.165, 1.54) is 0 Å². The maximum atomic E-state index is 14.7. The standard InChI is InChI=1S/C35H35N3O4S/c1-23(22-39)38-30-33(42)37(27-15-14-25-12-6-7-13-26(25)20-27)19-9-17-35(30)29(32(38)41)28-31(40)36(18-8-16-34(28,2)43-35)21-24-10-4-3-5-11-24/h3-17,20,23,28-30,39H,18-19,21-22H2,1-2H3/t23-,28-,29+,30?,34+,35+/m1/s1. The number of nitrogens with zero attached hydrogens (tertiary/aromatic N) is 3. The molecule has 1 unspecified atom stereocenters. The van der Waals surface area contributed by atoms with Gasteiger partial charge in [-0.2, -0.15) is 0 Å². The van der Waals surface area contributed by atoms with Crippen molar-refractivity contribution >= 4 is 45.9 Å². The summed E-state index contributed by atoms with van der Waals surface area (Å²) in [6.07, 6.45) is 8.12. The topological polar surface area (TPSA) is 81.2 Å². The zero-order chi connectivity index (χ0) is 29.9. The number of anilines is 1. The van der Waals surface area contributed by atoms with Gasteiger partial charge in [0.1, 0.15) is 6.04 Å². The second-order valence-corrected chi connectivity index (χ2v) is 14.1. The molecule has 0 aromatic heterocycles. The third kappa shape index (κ3) is 4.25. The monoisotopic (exact) mass is 593 g/mol. The minimum atomic E-state index is -0.960. The van der Waals surface area contributed by atoms with Gasteiger partial charge in [-0.05, 0) is 42.3 Å². The van der Waals surface area contributed by atoms with Crippen molar-refractivity contribution in [3.05, 3.63) is 103 Å². The summed E-state index contributed by atoms with van der Waals surface area (Å²) in [6.45, 7) is 4.78. The van der Waals surface area contributed by atoms with Crippen molar-refractivity contribution in [1.29, 1.82) is 0 Å². The van der Waals surface area contributed by atoms with Crippen molar-refractivity contribution in [2.45, 2.75) is 42.0 Å². The van der Waals surface area contributed by atoms with Crippen LogP contribution in [0.25, 0.3) is 10.8 Å². The number of likely N-dealkylation sites (tertiary alicyclic amines) is 1. The number of aliphatic hydroxyl groups excluding tert-OH is 1. The summed E-state index contributed by atoms with van der Waals surface area (Å²) in [5.74, 6) is -1.91. The lowest BCUT2D eigenvalue weighted by atomic mass is 9.74. The van der Waals surface area contributed by atoms with Gasteiger partial charge in [-0.3, -0.25) is 14.4 Å². The van der Waals surface area contributed by atoms with E-state index in [4.69, 9.17) is 0 Å². The van der Waals surface area contributed by atoms with E-state index in [1.54, 1.807) is 28.5 Å². The first-order valence-corrected chi connectivity index (χ1v) is 15.7. The Labute approximate surface area is 255 Å². The summed E-state index contributed by atoms with van der Waals surface area (Å²) in [6, 6.07) is 22.4. The molecule has 43 heavy (non-hydrogen) atoms. The van der Waals surface area contributed by atoms with Crippen LogP contribution < -0.4 is 4.90 Å². The highest BCUT2D eigenvalue weighted by Crippen LogP contribution is 2.66. The first-order valence-electron chi connectivity index (χ1n) is 14.9. The lowest BCUT2D eigenvalue weighted by Crippen LogP contribution is -2.56. The van der Waals surface area contributed by atoms with Crippen molar-refractivity contribution in [3.8, 4) is 0 Å². The Bertz CT molecular complexity index is 1670. The van der Waals surface area contributed by atoms with Gasteiger partial charge < -0.3 is 19.8 Å². The molecule has 3 amide bonds. The minimum absolute atomic E-state index is 0.0761. The van der Waals surface area contributed by atoms with Gasteiger partial charge in [0.25, 0.3) is 5.91 Å². The van der Waals surface area contributed by atoms with E-state index < -0.39 is 33.4 Å². The highest BCUT2D eigenvalue weighted by atomic mass is 32.2. The van der Waals surface area contributed by atoms with Gasteiger partial charge in [-0.25, -0.2) is 0 Å². The first kappa shape index (κ1) is 27.9. The van der Waals surface area contributed by atoms with E-state index in [1.807, 2.05) is 103 Å². The summed E-state index contributed by atoms with van der Waals surface area (Å²) in [7, 11) is 0. The smallest absolute Gasteiger partial charge is 0.251 e. The zero-order valence-corrected chi connectivity index (χ0v) is 25.1. The lowest BCUT2D eigenvalue weighted by molar-refractivity contribution is -0.145. The summed E-state index contributed by atoms with van der Waals surface area (Å²) in [4.78, 5) is 48.9. The van der Waals surface area contributed by atoms with Crippen molar-refractivity contribution in [2.24, 2.45) is 11.8 Å². The van der Waals surface area contributed by atoms with Gasteiger partial charge in [0, 0.05) is 30.1 Å². The number of aliphatic hydroxyl groups is 1. The van der Waals surface area contributed by atoms with Crippen molar-refractivity contribution in [3.63, 3.8) is 0 Å². The van der Waals surface area contributed by atoms with Crippen molar-refractivity contribution in [2.75, 3.05) is 24.6 Å². The fourth-order valence-corrected chi connectivity index (χ4v) is 9.74. The van der Waals surface area contributed by atoms with E-state index in [0.717, 1.165) is 22.0 Å². The molecule has 0 radical (unpaired) electrons. The average Bonchev–Trinajstić information content (AvgIpc) is 3.30. The second kappa shape index (κ2) is 10.4. The average molecular weight is 594 g/mol. The van der Waals surface area contributed by atoms with Gasteiger partial charge >= 0.3 is 0 Å². The molecule has 2 fully saturated rings. The van der Waals surface area contributed by atoms with Crippen LogP contribution in [0.4, 0.5) is 5.69 Å². The fourth-order valence-electron chi connectivity index (χ4n) is 7.60. The summed E-state index contributed by atoms with van der Waals surface area (Å²) in [5.41, 5.74) is 1.78. The highest BCUT2D eigenvalue weighted by molar-refractivity contribution is 8.02. The molecule has 7 nitrogen and oxygen atoms in total. The Morgan fingerprint density at radius 1 is 0.860 bits per heavy atom. The third-order valence-electron chi connectivity index (χ3n) is 9.58. The molecule has 0 bridgehead atoms. The molecular weight excluding hydrogens is 558 g/mol. The van der Waals surface area contributed by atoms with Crippen LogP contribution in [0.2, 0.25) is 0 Å². The van der Waals surface area contributed by atoms with Crippen LogP contribution >= 0.6 is 11.8 Å². The number of carbonyl (C=O) groups is 3. The van der Waals surface area contributed by atoms with E-state index in [9.17, 15) is 19.5 Å². The molecule has 0 saturated carbocycles. The number of fused-ring (bicyclic) bond motifs is 3. The number of thioether (sulfide) groups is 1. The van der Waals surface area contributed by atoms with Gasteiger partial charge in [0.15, 0.2) is 0 Å². The van der Waals surface area contributed by atoms with Crippen molar-refractivity contribution < 1.29 is 19.5 Å². The molecule has 0 aliphatic carbocycles. The molecule has 220 valence electrons. The number of amides is 3. The second-order valence-electron chi connectivity index (χ2n) is 12.3. The maximum Gasteiger partial charge on any atom is 0.251 e. The van der Waals surface area contributed by atoms with Gasteiger partial charge in [-0.15, -0.1) is 11.8 Å². The largest absolute Gasteiger partial charge is 0.394 e. The predicted octanol–water partition coefficient (Wildman–Crippen LogP) is 4.41. The van der Waals surface area contributed by atoms with Crippen molar-refractivity contribution in [1.82, 2.24) is 9.80 Å². The van der Waals surface area contributed by atoms with Crippen LogP contribution in [0.1, 0.15) is 19.4 Å². The number of carbonyl (C=O) groups excluding carboxylic acids is 3. The van der Waals surface area contributed by atoms with Crippen LogP contribution in [0.3, 0.4) is 0 Å². The predicted molar refractivity (Wildman–Crippen MR) is 169 cm³/mol. The summed E-state index contributed by atoms with van der Waals surface area (Å²) in [5, 5.41) is 12.4. The molecule has 7 rings (SSSR count). The number of hydrogen-bond donors (Lipinski definition) is 1. The fraction of sp³-hybridized carbons (Fsp3) is 0.343. The third-order valence-corrected chi connectivity index (χ3v) is 11.4. The van der Waals surface area contributed by atoms with E-state index in [2.05, 4.69) is 6.08 Å². The molecule has 1 spiro atoms. The Hall–Kier alpha value is -3.88.